The fourth-order valence-corrected chi connectivity index (χ4v) is 3.28. The van der Waals surface area contributed by atoms with Gasteiger partial charge in [-0.1, -0.05) is 29.8 Å². The average Bonchev–Trinajstić information content (AvgIpc) is 2.59. The summed E-state index contributed by atoms with van der Waals surface area (Å²) in [6, 6.07) is 10.0. The van der Waals surface area contributed by atoms with Crippen LogP contribution in [0.15, 0.2) is 42.5 Å². The molecule has 1 aliphatic heterocycles. The number of nitrogens with zero attached hydrogens (tertiary/aromatic N) is 1. The molecule has 3 rings (SSSR count). The molecule has 0 unspecified atom stereocenters. The van der Waals surface area contributed by atoms with Crippen molar-refractivity contribution in [3.63, 3.8) is 0 Å². The van der Waals surface area contributed by atoms with Crippen molar-refractivity contribution in [2.24, 2.45) is 0 Å². The Morgan fingerprint density at radius 3 is 2.19 bits per heavy atom. The summed E-state index contributed by atoms with van der Waals surface area (Å²) in [5, 5.41) is 3.27. The Morgan fingerprint density at radius 2 is 1.62 bits per heavy atom. The Bertz CT molecular complexity index is 746. The van der Waals surface area contributed by atoms with Gasteiger partial charge in [0, 0.05) is 26.2 Å². The van der Waals surface area contributed by atoms with Gasteiger partial charge in [0.1, 0.15) is 11.6 Å². The van der Waals surface area contributed by atoms with Crippen LogP contribution in [0.4, 0.5) is 17.6 Å². The molecule has 1 aliphatic rings. The quantitative estimate of drug-likeness (QED) is 0.787. The van der Waals surface area contributed by atoms with E-state index in [9.17, 15) is 17.6 Å². The molecular formula is C18H17ClF4N2O. The van der Waals surface area contributed by atoms with E-state index in [1.807, 2.05) is 0 Å². The van der Waals surface area contributed by atoms with Crippen LogP contribution in [0.25, 0.3) is 0 Å². The van der Waals surface area contributed by atoms with Crippen molar-refractivity contribution in [2.45, 2.75) is 12.4 Å². The summed E-state index contributed by atoms with van der Waals surface area (Å²) in [5.74, 6) is -0.791. The number of hydrogen-bond acceptors (Lipinski definition) is 3. The molecule has 0 radical (unpaired) electrons. The zero-order chi connectivity index (χ0) is 18.7. The van der Waals surface area contributed by atoms with Crippen molar-refractivity contribution in [3.05, 3.63) is 64.4 Å². The van der Waals surface area contributed by atoms with E-state index in [-0.39, 0.29) is 16.8 Å². The molecule has 0 amide bonds. The van der Waals surface area contributed by atoms with E-state index in [1.165, 1.54) is 18.2 Å². The summed E-state index contributed by atoms with van der Waals surface area (Å²) in [6.07, 6.45) is -4.73. The fourth-order valence-electron chi connectivity index (χ4n) is 3.09. The van der Waals surface area contributed by atoms with Crippen LogP contribution in [0.1, 0.15) is 17.2 Å². The maximum Gasteiger partial charge on any atom is 0.573 e. The van der Waals surface area contributed by atoms with Gasteiger partial charge in [-0.3, -0.25) is 4.90 Å². The lowest BCUT2D eigenvalue weighted by Gasteiger charge is -2.35. The number of halogens is 5. The second kappa shape index (κ2) is 7.82. The summed E-state index contributed by atoms with van der Waals surface area (Å²) >= 11 is 5.93. The predicted molar refractivity (Wildman–Crippen MR) is 90.8 cm³/mol. The number of nitrogens with one attached hydrogen (secondary N) is 1. The SMILES string of the molecule is Fc1ccc([C@H](c2ccc(OC(F)(F)F)cc2)N2CCNCC2)cc1Cl. The van der Waals surface area contributed by atoms with Gasteiger partial charge in [-0.25, -0.2) is 4.39 Å². The van der Waals surface area contributed by atoms with Gasteiger partial charge in [0.2, 0.25) is 0 Å². The third-order valence-corrected chi connectivity index (χ3v) is 4.50. The molecule has 2 aromatic rings. The number of rotatable bonds is 4. The van der Waals surface area contributed by atoms with E-state index < -0.39 is 12.2 Å². The highest BCUT2D eigenvalue weighted by Gasteiger charge is 2.31. The lowest BCUT2D eigenvalue weighted by atomic mass is 9.96. The van der Waals surface area contributed by atoms with Crippen LogP contribution in [-0.2, 0) is 0 Å². The first-order valence-electron chi connectivity index (χ1n) is 8.09. The average molecular weight is 389 g/mol. The minimum Gasteiger partial charge on any atom is -0.406 e. The van der Waals surface area contributed by atoms with Crippen molar-refractivity contribution in [2.75, 3.05) is 26.2 Å². The molecule has 0 bridgehead atoms. The van der Waals surface area contributed by atoms with Gasteiger partial charge >= 0.3 is 6.36 Å². The van der Waals surface area contributed by atoms with Crippen molar-refractivity contribution < 1.29 is 22.3 Å². The molecule has 0 spiro atoms. The van der Waals surface area contributed by atoms with E-state index in [4.69, 9.17) is 11.6 Å². The van der Waals surface area contributed by atoms with Gasteiger partial charge in [-0.15, -0.1) is 13.2 Å². The second-order valence-corrected chi connectivity index (χ2v) is 6.39. The van der Waals surface area contributed by atoms with Gasteiger partial charge in [0.15, 0.2) is 0 Å². The molecular weight excluding hydrogens is 372 g/mol. The zero-order valence-corrected chi connectivity index (χ0v) is 14.4. The maximum absolute atomic E-state index is 13.5. The number of hydrogen-bond donors (Lipinski definition) is 1. The lowest BCUT2D eigenvalue weighted by Crippen LogP contribution is -2.45. The number of benzene rings is 2. The van der Waals surface area contributed by atoms with Crippen molar-refractivity contribution in [1.82, 2.24) is 10.2 Å². The van der Waals surface area contributed by atoms with Crippen molar-refractivity contribution in [1.29, 1.82) is 0 Å². The molecule has 140 valence electrons. The summed E-state index contributed by atoms with van der Waals surface area (Å²) in [4.78, 5) is 2.18. The van der Waals surface area contributed by atoms with Crippen molar-refractivity contribution in [3.8, 4) is 5.75 Å². The summed E-state index contributed by atoms with van der Waals surface area (Å²) in [5.41, 5.74) is 1.56. The molecule has 1 fully saturated rings. The minimum atomic E-state index is -4.73. The largest absolute Gasteiger partial charge is 0.573 e. The Labute approximate surface area is 153 Å². The summed E-state index contributed by atoms with van der Waals surface area (Å²) in [6.45, 7) is 3.09. The molecule has 8 heteroatoms. The highest BCUT2D eigenvalue weighted by molar-refractivity contribution is 6.30. The number of alkyl halides is 3. The van der Waals surface area contributed by atoms with E-state index in [2.05, 4.69) is 15.0 Å². The third-order valence-electron chi connectivity index (χ3n) is 4.21. The van der Waals surface area contributed by atoms with E-state index in [1.54, 1.807) is 24.3 Å². The molecule has 0 aliphatic carbocycles. The van der Waals surface area contributed by atoms with Crippen molar-refractivity contribution >= 4 is 11.6 Å². The molecule has 0 aromatic heterocycles. The molecule has 0 saturated carbocycles. The second-order valence-electron chi connectivity index (χ2n) is 5.98. The standard InChI is InChI=1S/C18H17ClF4N2O/c19-15-11-13(3-6-16(15)20)17(25-9-7-24-8-10-25)12-1-4-14(5-2-12)26-18(21,22)23/h1-6,11,17,24H,7-10H2/t17-/m0/s1. The summed E-state index contributed by atoms with van der Waals surface area (Å²) in [7, 11) is 0. The first-order chi connectivity index (χ1) is 12.3. The Hall–Kier alpha value is -1.83. The van der Waals surface area contributed by atoms with Crippen LogP contribution in [0, 0.1) is 5.82 Å². The molecule has 1 N–H and O–H groups in total. The van der Waals surface area contributed by atoms with Gasteiger partial charge in [-0.05, 0) is 35.4 Å². The van der Waals surface area contributed by atoms with Crippen LogP contribution in [0.2, 0.25) is 5.02 Å². The number of ether oxygens (including phenoxy) is 1. The fraction of sp³-hybridized carbons (Fsp3) is 0.333. The topological polar surface area (TPSA) is 24.5 Å². The van der Waals surface area contributed by atoms with E-state index in [0.717, 1.165) is 37.3 Å². The van der Waals surface area contributed by atoms with Gasteiger partial charge in [0.05, 0.1) is 11.1 Å². The first kappa shape index (κ1) is 18.9. The number of piperazine rings is 1. The highest BCUT2D eigenvalue weighted by Crippen LogP contribution is 2.33. The molecule has 1 atom stereocenters. The first-order valence-corrected chi connectivity index (χ1v) is 8.47. The lowest BCUT2D eigenvalue weighted by molar-refractivity contribution is -0.274. The van der Waals surface area contributed by atoms with Crippen LogP contribution >= 0.6 is 11.6 Å². The third kappa shape index (κ3) is 4.66. The Kier molecular flexibility index (Phi) is 5.70. The normalized spacial score (nSPS) is 17.1. The highest BCUT2D eigenvalue weighted by atomic mass is 35.5. The van der Waals surface area contributed by atoms with Crippen LogP contribution < -0.4 is 10.1 Å². The minimum absolute atomic E-state index is 0.0136. The Morgan fingerprint density at radius 1 is 1.00 bits per heavy atom. The predicted octanol–water partition coefficient (Wildman–Crippen LogP) is 4.37. The van der Waals surface area contributed by atoms with Gasteiger partial charge < -0.3 is 10.1 Å². The monoisotopic (exact) mass is 388 g/mol. The Balaban J connectivity index is 1.93. The molecule has 2 aromatic carbocycles. The van der Waals surface area contributed by atoms with Crippen LogP contribution in [0.3, 0.4) is 0 Å². The van der Waals surface area contributed by atoms with E-state index in [0.29, 0.717) is 0 Å². The van der Waals surface area contributed by atoms with Crippen LogP contribution in [-0.4, -0.2) is 37.4 Å². The maximum atomic E-state index is 13.5. The van der Waals surface area contributed by atoms with E-state index >= 15 is 0 Å². The van der Waals surface area contributed by atoms with Gasteiger partial charge in [-0.2, -0.15) is 0 Å². The van der Waals surface area contributed by atoms with Crippen LogP contribution in [0.5, 0.6) is 5.75 Å². The smallest absolute Gasteiger partial charge is 0.406 e. The molecule has 1 saturated heterocycles. The molecule has 1 heterocycles. The molecule has 3 nitrogen and oxygen atoms in total. The van der Waals surface area contributed by atoms with Gasteiger partial charge in [0.25, 0.3) is 0 Å². The molecule has 26 heavy (non-hydrogen) atoms. The summed E-state index contributed by atoms with van der Waals surface area (Å²) < 4.78 is 54.5. The zero-order valence-electron chi connectivity index (χ0n) is 13.7.